The Hall–Kier alpha value is -0.550. The summed E-state index contributed by atoms with van der Waals surface area (Å²) in [6.45, 7) is 4.01. The van der Waals surface area contributed by atoms with E-state index < -0.39 is 11.4 Å². The van der Waals surface area contributed by atoms with Crippen LogP contribution in [0.15, 0.2) is 29.2 Å². The average molecular weight is 250 g/mol. The van der Waals surface area contributed by atoms with E-state index in [1.807, 2.05) is 31.2 Å². The summed E-state index contributed by atoms with van der Waals surface area (Å²) in [6.07, 6.45) is 2.35. The third kappa shape index (κ3) is 2.10. The Balaban J connectivity index is 1.84. The standard InChI is InChI=1S/C13H18N2OS/c1-10-3-2-4-13(7-10)17(16)15-11-5-6-12(15)9-14-8-11/h2-4,7,11-12,14H,5-6,8-9H2,1H3. The van der Waals surface area contributed by atoms with Gasteiger partial charge in [-0.05, 0) is 37.5 Å². The first-order valence-corrected chi connectivity index (χ1v) is 7.34. The van der Waals surface area contributed by atoms with E-state index in [1.165, 1.54) is 18.4 Å². The summed E-state index contributed by atoms with van der Waals surface area (Å²) >= 11 is -0.984. The fraction of sp³-hybridized carbons (Fsp3) is 0.538. The van der Waals surface area contributed by atoms with E-state index in [4.69, 9.17) is 0 Å². The van der Waals surface area contributed by atoms with Gasteiger partial charge < -0.3 is 9.87 Å². The van der Waals surface area contributed by atoms with Crippen LogP contribution in [-0.4, -0.2) is 34.0 Å². The van der Waals surface area contributed by atoms with Crippen molar-refractivity contribution in [3.63, 3.8) is 0 Å². The van der Waals surface area contributed by atoms with Gasteiger partial charge in [-0.1, -0.05) is 12.1 Å². The van der Waals surface area contributed by atoms with Crippen LogP contribution in [0.2, 0.25) is 0 Å². The molecule has 4 heteroatoms. The first-order chi connectivity index (χ1) is 8.25. The fourth-order valence-corrected chi connectivity index (χ4v) is 4.48. The third-order valence-electron chi connectivity index (χ3n) is 3.70. The molecular weight excluding hydrogens is 232 g/mol. The lowest BCUT2D eigenvalue weighted by molar-refractivity contribution is 0.263. The van der Waals surface area contributed by atoms with Crippen LogP contribution in [0.5, 0.6) is 0 Å². The predicted molar refractivity (Wildman–Crippen MR) is 69.1 cm³/mol. The van der Waals surface area contributed by atoms with Crippen molar-refractivity contribution in [2.24, 2.45) is 0 Å². The second-order valence-corrected chi connectivity index (χ2v) is 6.36. The molecule has 2 heterocycles. The molecule has 0 radical (unpaired) electrons. The number of nitrogens with one attached hydrogen (secondary N) is 1. The molecular formula is C13H18N2OS. The summed E-state index contributed by atoms with van der Waals surface area (Å²) in [7, 11) is 0. The summed E-state index contributed by atoms with van der Waals surface area (Å²) in [5, 5.41) is 3.42. The third-order valence-corrected chi connectivity index (χ3v) is 5.33. The molecule has 3 rings (SSSR count). The van der Waals surface area contributed by atoms with Gasteiger partial charge in [0, 0.05) is 13.1 Å². The van der Waals surface area contributed by atoms with Gasteiger partial charge in [-0.3, -0.25) is 0 Å². The SMILES string of the molecule is Cc1cccc([S+]([O-])N2C3CCC2CNC3)c1. The van der Waals surface area contributed by atoms with Crippen LogP contribution in [-0.2, 0) is 11.4 Å². The number of nitrogens with zero attached hydrogens (tertiary/aromatic N) is 1. The van der Waals surface area contributed by atoms with Crippen LogP contribution in [0.1, 0.15) is 18.4 Å². The van der Waals surface area contributed by atoms with E-state index in [9.17, 15) is 4.55 Å². The number of fused-ring (bicyclic) bond motifs is 2. The normalized spacial score (nSPS) is 30.5. The Labute approximate surface area is 106 Å². The first kappa shape index (κ1) is 11.5. The molecule has 2 aliphatic heterocycles. The van der Waals surface area contributed by atoms with Gasteiger partial charge in [-0.15, -0.1) is 4.31 Å². The lowest BCUT2D eigenvalue weighted by atomic mass is 10.2. The summed E-state index contributed by atoms with van der Waals surface area (Å²) in [4.78, 5) is 0.948. The molecule has 2 fully saturated rings. The van der Waals surface area contributed by atoms with Crippen molar-refractivity contribution in [3.05, 3.63) is 29.8 Å². The van der Waals surface area contributed by atoms with E-state index in [1.54, 1.807) is 0 Å². The molecule has 1 aromatic rings. The minimum Gasteiger partial charge on any atom is -0.593 e. The lowest BCUT2D eigenvalue weighted by Crippen LogP contribution is -2.53. The van der Waals surface area contributed by atoms with E-state index in [0.717, 1.165) is 18.0 Å². The van der Waals surface area contributed by atoms with Crippen molar-refractivity contribution in [1.82, 2.24) is 9.62 Å². The van der Waals surface area contributed by atoms with Crippen molar-refractivity contribution in [3.8, 4) is 0 Å². The monoisotopic (exact) mass is 250 g/mol. The maximum atomic E-state index is 12.6. The van der Waals surface area contributed by atoms with Crippen LogP contribution in [0.25, 0.3) is 0 Å². The number of rotatable bonds is 2. The van der Waals surface area contributed by atoms with Gasteiger partial charge in [0.1, 0.15) is 0 Å². The zero-order chi connectivity index (χ0) is 11.8. The highest BCUT2D eigenvalue weighted by Gasteiger charge is 2.44. The highest BCUT2D eigenvalue weighted by molar-refractivity contribution is 7.89. The highest BCUT2D eigenvalue weighted by atomic mass is 32.2. The van der Waals surface area contributed by atoms with Crippen LogP contribution in [0.3, 0.4) is 0 Å². The summed E-state index contributed by atoms with van der Waals surface area (Å²) in [6, 6.07) is 8.97. The Morgan fingerprint density at radius 2 is 2.00 bits per heavy atom. The Kier molecular flexibility index (Phi) is 3.13. The summed E-state index contributed by atoms with van der Waals surface area (Å²) in [5.74, 6) is 0. The van der Waals surface area contributed by atoms with Gasteiger partial charge in [-0.2, -0.15) is 0 Å². The van der Waals surface area contributed by atoms with Crippen molar-refractivity contribution < 1.29 is 4.55 Å². The second kappa shape index (κ2) is 4.61. The fourth-order valence-electron chi connectivity index (χ4n) is 2.85. The van der Waals surface area contributed by atoms with Gasteiger partial charge in [-0.25, -0.2) is 0 Å². The smallest absolute Gasteiger partial charge is 0.174 e. The van der Waals surface area contributed by atoms with Crippen LogP contribution < -0.4 is 5.32 Å². The van der Waals surface area contributed by atoms with E-state index >= 15 is 0 Å². The molecule has 3 unspecified atom stereocenters. The van der Waals surface area contributed by atoms with Crippen molar-refractivity contribution >= 4 is 11.4 Å². The van der Waals surface area contributed by atoms with Crippen LogP contribution >= 0.6 is 0 Å². The van der Waals surface area contributed by atoms with Crippen LogP contribution in [0.4, 0.5) is 0 Å². The molecule has 0 amide bonds. The molecule has 92 valence electrons. The van der Waals surface area contributed by atoms with Crippen molar-refractivity contribution in [2.75, 3.05) is 13.1 Å². The molecule has 1 N–H and O–H groups in total. The molecule has 3 atom stereocenters. The first-order valence-electron chi connectivity index (χ1n) is 6.23. The number of hydrogen-bond donors (Lipinski definition) is 1. The van der Waals surface area contributed by atoms with Gasteiger partial charge in [0.2, 0.25) is 0 Å². The summed E-state index contributed by atoms with van der Waals surface area (Å²) in [5.41, 5.74) is 1.18. The van der Waals surface area contributed by atoms with Gasteiger partial charge in [0.25, 0.3) is 0 Å². The van der Waals surface area contributed by atoms with E-state index in [2.05, 4.69) is 9.62 Å². The van der Waals surface area contributed by atoms with Gasteiger partial charge in [0.15, 0.2) is 4.90 Å². The molecule has 0 spiro atoms. The Morgan fingerprint density at radius 3 is 2.65 bits per heavy atom. The predicted octanol–water partition coefficient (Wildman–Crippen LogP) is 1.45. The van der Waals surface area contributed by atoms with E-state index in [0.29, 0.717) is 12.1 Å². The zero-order valence-electron chi connectivity index (χ0n) is 10.1. The molecule has 2 aliphatic rings. The molecule has 1 aromatic carbocycles. The van der Waals surface area contributed by atoms with Gasteiger partial charge in [0.05, 0.1) is 23.4 Å². The largest absolute Gasteiger partial charge is 0.593 e. The van der Waals surface area contributed by atoms with Crippen LogP contribution in [0, 0.1) is 6.92 Å². The average Bonchev–Trinajstić information content (AvgIpc) is 2.58. The number of piperazine rings is 1. The molecule has 3 nitrogen and oxygen atoms in total. The topological polar surface area (TPSA) is 38.3 Å². The minimum atomic E-state index is -0.984. The minimum absolute atomic E-state index is 0.454. The molecule has 17 heavy (non-hydrogen) atoms. The molecule has 2 bridgehead atoms. The number of hydrogen-bond acceptors (Lipinski definition) is 3. The quantitative estimate of drug-likeness (QED) is 0.808. The highest BCUT2D eigenvalue weighted by Crippen LogP contribution is 2.32. The second-order valence-electron chi connectivity index (χ2n) is 4.97. The van der Waals surface area contributed by atoms with Crippen molar-refractivity contribution in [1.29, 1.82) is 0 Å². The lowest BCUT2D eigenvalue weighted by Gasteiger charge is -2.34. The maximum absolute atomic E-state index is 12.6. The number of aryl methyl sites for hydroxylation is 1. The zero-order valence-corrected chi connectivity index (χ0v) is 10.9. The van der Waals surface area contributed by atoms with Crippen molar-refractivity contribution in [2.45, 2.75) is 36.7 Å². The Bertz CT molecular complexity index is 396. The number of benzene rings is 1. The molecule has 0 aromatic heterocycles. The summed E-state index contributed by atoms with van der Waals surface area (Å²) < 4.78 is 14.8. The molecule has 2 saturated heterocycles. The maximum Gasteiger partial charge on any atom is 0.174 e. The Morgan fingerprint density at radius 1 is 1.29 bits per heavy atom. The molecule has 0 saturated carbocycles. The molecule has 0 aliphatic carbocycles. The van der Waals surface area contributed by atoms with E-state index in [-0.39, 0.29) is 0 Å². The van der Waals surface area contributed by atoms with Gasteiger partial charge >= 0.3 is 0 Å².